The lowest BCUT2D eigenvalue weighted by Crippen LogP contribution is -2.05. The van der Waals surface area contributed by atoms with Gasteiger partial charge in [0.2, 0.25) is 0 Å². The van der Waals surface area contributed by atoms with Gasteiger partial charge in [-0.15, -0.1) is 11.6 Å². The summed E-state index contributed by atoms with van der Waals surface area (Å²) in [5.74, 6) is 2.77. The van der Waals surface area contributed by atoms with Crippen molar-refractivity contribution in [3.63, 3.8) is 0 Å². The molecule has 0 amide bonds. The van der Waals surface area contributed by atoms with Gasteiger partial charge in [0.1, 0.15) is 5.75 Å². The molecule has 0 saturated heterocycles. The Labute approximate surface area is 110 Å². The van der Waals surface area contributed by atoms with E-state index in [0.717, 1.165) is 18.8 Å². The Morgan fingerprint density at radius 1 is 1.24 bits per heavy atom. The Hall–Kier alpha value is -0.690. The fourth-order valence-corrected chi connectivity index (χ4v) is 2.20. The number of hydrogen-bond acceptors (Lipinski definition) is 1. The van der Waals surface area contributed by atoms with Crippen LogP contribution < -0.4 is 4.74 Å². The van der Waals surface area contributed by atoms with Crippen LogP contribution in [0.2, 0.25) is 0 Å². The van der Waals surface area contributed by atoms with Gasteiger partial charge in [-0.25, -0.2) is 0 Å². The third kappa shape index (κ3) is 4.59. The van der Waals surface area contributed by atoms with E-state index in [4.69, 9.17) is 16.3 Å². The molecule has 1 aromatic carbocycles. The third-order valence-electron chi connectivity index (χ3n) is 2.90. The van der Waals surface area contributed by atoms with Crippen molar-refractivity contribution >= 4 is 11.6 Å². The highest BCUT2D eigenvalue weighted by Gasteiger charge is 2.09. The van der Waals surface area contributed by atoms with E-state index in [0.29, 0.717) is 17.7 Å². The van der Waals surface area contributed by atoms with Crippen LogP contribution in [0.15, 0.2) is 18.2 Å². The average molecular weight is 255 g/mol. The van der Waals surface area contributed by atoms with Crippen molar-refractivity contribution in [3.05, 3.63) is 29.3 Å². The van der Waals surface area contributed by atoms with Crippen LogP contribution in [0.4, 0.5) is 0 Å². The Kier molecular flexibility index (Phi) is 5.84. The Morgan fingerprint density at radius 3 is 2.47 bits per heavy atom. The van der Waals surface area contributed by atoms with E-state index in [1.54, 1.807) is 0 Å². The average Bonchev–Trinajstić information content (AvgIpc) is 2.26. The molecule has 1 rings (SSSR count). The maximum Gasteiger partial charge on any atom is 0.119 e. The smallest absolute Gasteiger partial charge is 0.119 e. The molecule has 0 fully saturated rings. The molecule has 0 saturated carbocycles. The summed E-state index contributed by atoms with van der Waals surface area (Å²) in [5, 5.41) is 0. The number of aryl methyl sites for hydroxylation is 1. The van der Waals surface area contributed by atoms with Crippen molar-refractivity contribution in [2.45, 2.75) is 40.0 Å². The van der Waals surface area contributed by atoms with Crippen LogP contribution in [0, 0.1) is 12.8 Å². The molecule has 2 heteroatoms. The van der Waals surface area contributed by atoms with Gasteiger partial charge in [-0.3, -0.25) is 0 Å². The van der Waals surface area contributed by atoms with Crippen LogP contribution in [0.25, 0.3) is 0 Å². The minimum Gasteiger partial charge on any atom is -0.493 e. The number of rotatable bonds is 6. The molecule has 0 radical (unpaired) electrons. The van der Waals surface area contributed by atoms with Gasteiger partial charge in [-0.1, -0.05) is 26.8 Å². The van der Waals surface area contributed by atoms with Crippen molar-refractivity contribution in [1.29, 1.82) is 0 Å². The van der Waals surface area contributed by atoms with Crippen molar-refractivity contribution in [2.24, 2.45) is 5.92 Å². The van der Waals surface area contributed by atoms with Gasteiger partial charge in [-0.2, -0.15) is 0 Å². The van der Waals surface area contributed by atoms with Crippen LogP contribution in [-0.4, -0.2) is 12.5 Å². The summed E-state index contributed by atoms with van der Waals surface area (Å²) >= 11 is 5.79. The third-order valence-corrected chi connectivity index (χ3v) is 3.12. The van der Waals surface area contributed by atoms with Crippen LogP contribution in [0.3, 0.4) is 0 Å². The van der Waals surface area contributed by atoms with E-state index in [1.165, 1.54) is 11.1 Å². The topological polar surface area (TPSA) is 9.23 Å². The molecule has 1 unspecified atom stereocenters. The van der Waals surface area contributed by atoms with E-state index >= 15 is 0 Å². The van der Waals surface area contributed by atoms with E-state index in [-0.39, 0.29) is 0 Å². The molecule has 0 bridgehead atoms. The van der Waals surface area contributed by atoms with Crippen molar-refractivity contribution < 1.29 is 4.74 Å². The molecule has 0 aliphatic carbocycles. The predicted octanol–water partition coefficient (Wildman–Crippen LogP) is 4.76. The summed E-state index contributed by atoms with van der Waals surface area (Å²) in [6.45, 7) is 9.45. The minimum absolute atomic E-state index is 0.520. The van der Waals surface area contributed by atoms with Crippen LogP contribution >= 0.6 is 11.6 Å². The summed E-state index contributed by atoms with van der Waals surface area (Å²) in [7, 11) is 0. The molecule has 1 nitrogen and oxygen atoms in total. The first-order valence-electron chi connectivity index (χ1n) is 6.34. The molecule has 96 valence electrons. The van der Waals surface area contributed by atoms with Gasteiger partial charge >= 0.3 is 0 Å². The molecule has 0 N–H and O–H groups in total. The van der Waals surface area contributed by atoms with Gasteiger partial charge in [-0.05, 0) is 48.4 Å². The maximum atomic E-state index is 5.79. The summed E-state index contributed by atoms with van der Waals surface area (Å²) < 4.78 is 5.72. The molecular weight excluding hydrogens is 232 g/mol. The molecule has 0 aliphatic heterocycles. The first-order valence-corrected chi connectivity index (χ1v) is 6.87. The fraction of sp³-hybridized carbons (Fsp3) is 0.600. The van der Waals surface area contributed by atoms with E-state index < -0.39 is 0 Å². The summed E-state index contributed by atoms with van der Waals surface area (Å²) in [6.07, 6.45) is 1.02. The van der Waals surface area contributed by atoms with Crippen LogP contribution in [-0.2, 0) is 0 Å². The van der Waals surface area contributed by atoms with Gasteiger partial charge in [0, 0.05) is 5.88 Å². The molecule has 1 atom stereocenters. The molecule has 0 heterocycles. The van der Waals surface area contributed by atoms with Crippen molar-refractivity contribution in [2.75, 3.05) is 12.5 Å². The standard InChI is InChI=1S/C15H23ClO/c1-11(2)10-17-14-5-6-15(13(4)9-14)12(3)7-8-16/h5-6,9,11-12H,7-8,10H2,1-4H3. The molecule has 0 aliphatic rings. The largest absolute Gasteiger partial charge is 0.493 e. The number of alkyl halides is 1. The highest BCUT2D eigenvalue weighted by molar-refractivity contribution is 6.17. The zero-order valence-corrected chi connectivity index (χ0v) is 12.1. The molecular formula is C15H23ClO. The lowest BCUT2D eigenvalue weighted by molar-refractivity contribution is 0.271. The molecule has 0 spiro atoms. The summed E-state index contributed by atoms with van der Waals surface area (Å²) in [6, 6.07) is 6.36. The summed E-state index contributed by atoms with van der Waals surface area (Å²) in [4.78, 5) is 0. The van der Waals surface area contributed by atoms with Crippen LogP contribution in [0.5, 0.6) is 5.75 Å². The normalized spacial score (nSPS) is 12.8. The second-order valence-electron chi connectivity index (χ2n) is 5.10. The van der Waals surface area contributed by atoms with Gasteiger partial charge in [0.15, 0.2) is 0 Å². The molecule has 0 aromatic heterocycles. The number of ether oxygens (including phenoxy) is 1. The van der Waals surface area contributed by atoms with E-state index in [9.17, 15) is 0 Å². The number of benzene rings is 1. The SMILES string of the molecule is Cc1cc(OCC(C)C)ccc1C(C)CCCl. The predicted molar refractivity (Wildman–Crippen MR) is 75.3 cm³/mol. The molecule has 1 aromatic rings. The van der Waals surface area contributed by atoms with Gasteiger partial charge in [0.25, 0.3) is 0 Å². The van der Waals surface area contributed by atoms with E-state index in [2.05, 4.69) is 45.9 Å². The monoisotopic (exact) mass is 254 g/mol. The maximum absolute atomic E-state index is 5.79. The van der Waals surface area contributed by atoms with Gasteiger partial charge < -0.3 is 4.74 Å². The number of hydrogen-bond donors (Lipinski definition) is 0. The Morgan fingerprint density at radius 2 is 1.94 bits per heavy atom. The first kappa shape index (κ1) is 14.4. The second-order valence-corrected chi connectivity index (χ2v) is 5.48. The van der Waals surface area contributed by atoms with E-state index in [1.807, 2.05) is 0 Å². The summed E-state index contributed by atoms with van der Waals surface area (Å²) in [5.41, 5.74) is 2.67. The van der Waals surface area contributed by atoms with Crippen molar-refractivity contribution in [1.82, 2.24) is 0 Å². The first-order chi connectivity index (χ1) is 8.04. The Balaban J connectivity index is 2.72. The quantitative estimate of drug-likeness (QED) is 0.665. The lowest BCUT2D eigenvalue weighted by atomic mass is 9.94. The van der Waals surface area contributed by atoms with Crippen LogP contribution in [0.1, 0.15) is 44.2 Å². The zero-order valence-electron chi connectivity index (χ0n) is 11.3. The number of halogens is 1. The zero-order chi connectivity index (χ0) is 12.8. The van der Waals surface area contributed by atoms with Crippen molar-refractivity contribution in [3.8, 4) is 5.75 Å². The molecule has 17 heavy (non-hydrogen) atoms. The minimum atomic E-state index is 0.520. The second kappa shape index (κ2) is 6.90. The van der Waals surface area contributed by atoms with Gasteiger partial charge in [0.05, 0.1) is 6.61 Å². The Bertz CT molecular complexity index is 347. The lowest BCUT2D eigenvalue weighted by Gasteiger charge is -2.15. The fourth-order valence-electron chi connectivity index (χ4n) is 1.87. The highest BCUT2D eigenvalue weighted by atomic mass is 35.5. The highest BCUT2D eigenvalue weighted by Crippen LogP contribution is 2.26.